The zero-order chi connectivity index (χ0) is 14.8. The van der Waals surface area contributed by atoms with Gasteiger partial charge in [-0.3, -0.25) is 9.88 Å². The Bertz CT molecular complexity index is 455. The van der Waals surface area contributed by atoms with E-state index < -0.39 is 0 Å². The Hall–Kier alpha value is -1.00. The summed E-state index contributed by atoms with van der Waals surface area (Å²) in [5.74, 6) is -0.257. The van der Waals surface area contributed by atoms with Crippen molar-refractivity contribution in [1.29, 1.82) is 0 Å². The fourth-order valence-electron chi connectivity index (χ4n) is 2.91. The summed E-state index contributed by atoms with van der Waals surface area (Å²) in [7, 11) is 0. The van der Waals surface area contributed by atoms with Gasteiger partial charge in [0.1, 0.15) is 5.82 Å². The number of piperazine rings is 1. The van der Waals surface area contributed by atoms with Crippen LogP contribution in [-0.4, -0.2) is 34.1 Å². The van der Waals surface area contributed by atoms with E-state index in [1.807, 2.05) is 0 Å². The molecule has 4 heteroatoms. The first-order valence-corrected chi connectivity index (χ1v) is 7.50. The van der Waals surface area contributed by atoms with E-state index in [0.29, 0.717) is 0 Å². The number of hydrogen-bond acceptors (Lipinski definition) is 3. The van der Waals surface area contributed by atoms with Gasteiger partial charge in [-0.25, -0.2) is 4.39 Å². The molecule has 0 bridgehead atoms. The molecule has 112 valence electrons. The van der Waals surface area contributed by atoms with Gasteiger partial charge in [0, 0.05) is 36.9 Å². The van der Waals surface area contributed by atoms with Crippen molar-refractivity contribution < 1.29 is 4.39 Å². The third-order valence-electron chi connectivity index (χ3n) is 4.73. The van der Waals surface area contributed by atoms with Crippen LogP contribution in [0.25, 0.3) is 0 Å². The van der Waals surface area contributed by atoms with E-state index in [2.05, 4.69) is 42.9 Å². The highest BCUT2D eigenvalue weighted by Crippen LogP contribution is 2.29. The minimum absolute atomic E-state index is 0.0696. The monoisotopic (exact) mass is 279 g/mol. The van der Waals surface area contributed by atoms with Crippen LogP contribution in [0, 0.1) is 5.82 Å². The van der Waals surface area contributed by atoms with Crippen LogP contribution in [0.3, 0.4) is 0 Å². The minimum atomic E-state index is -0.257. The molecular weight excluding hydrogens is 253 g/mol. The third-order valence-corrected chi connectivity index (χ3v) is 4.73. The normalized spacial score (nSPS) is 21.9. The molecular formula is C16H26FN3. The highest BCUT2D eigenvalue weighted by molar-refractivity contribution is 5.12. The van der Waals surface area contributed by atoms with Crippen LogP contribution in [0.1, 0.15) is 46.1 Å². The number of aromatic nitrogens is 1. The summed E-state index contributed by atoms with van der Waals surface area (Å²) in [4.78, 5) is 6.41. The maximum atomic E-state index is 13.3. The average Bonchev–Trinajstić information content (AvgIpc) is 2.42. The number of hydrogen-bond donors (Lipinski definition) is 1. The van der Waals surface area contributed by atoms with Gasteiger partial charge in [-0.05, 0) is 38.3 Å². The molecule has 0 amide bonds. The molecule has 0 atom stereocenters. The number of rotatable bonds is 4. The van der Waals surface area contributed by atoms with Crippen LogP contribution in [0.15, 0.2) is 18.5 Å². The van der Waals surface area contributed by atoms with Crippen LogP contribution in [-0.2, 0) is 6.54 Å². The average molecular weight is 279 g/mol. The third kappa shape index (κ3) is 3.18. The molecule has 1 fully saturated rings. The fraction of sp³-hybridized carbons (Fsp3) is 0.688. The van der Waals surface area contributed by atoms with Gasteiger partial charge in [0.15, 0.2) is 0 Å². The smallest absolute Gasteiger partial charge is 0.141 e. The Kier molecular flexibility index (Phi) is 4.45. The van der Waals surface area contributed by atoms with Crippen molar-refractivity contribution in [2.24, 2.45) is 0 Å². The topological polar surface area (TPSA) is 28.2 Å². The van der Waals surface area contributed by atoms with Gasteiger partial charge in [0.2, 0.25) is 0 Å². The summed E-state index contributed by atoms with van der Waals surface area (Å²) in [5.41, 5.74) is 1.19. The van der Waals surface area contributed by atoms with Gasteiger partial charge in [-0.2, -0.15) is 0 Å². The number of nitrogens with one attached hydrogen (secondary N) is 1. The first kappa shape index (κ1) is 15.4. The quantitative estimate of drug-likeness (QED) is 0.918. The van der Waals surface area contributed by atoms with Crippen molar-refractivity contribution >= 4 is 0 Å². The first-order valence-electron chi connectivity index (χ1n) is 7.50. The van der Waals surface area contributed by atoms with Gasteiger partial charge in [-0.15, -0.1) is 0 Å². The van der Waals surface area contributed by atoms with Crippen molar-refractivity contribution in [3.63, 3.8) is 0 Å². The lowest BCUT2D eigenvalue weighted by atomic mass is 9.84. The molecule has 0 radical (unpaired) electrons. The van der Waals surface area contributed by atoms with Gasteiger partial charge >= 0.3 is 0 Å². The van der Waals surface area contributed by atoms with Crippen molar-refractivity contribution in [3.8, 4) is 0 Å². The van der Waals surface area contributed by atoms with E-state index in [-0.39, 0.29) is 16.9 Å². The molecule has 0 aliphatic carbocycles. The molecule has 3 nitrogen and oxygen atoms in total. The van der Waals surface area contributed by atoms with Crippen LogP contribution in [0.5, 0.6) is 0 Å². The van der Waals surface area contributed by atoms with Crippen molar-refractivity contribution in [2.45, 2.75) is 58.2 Å². The lowest BCUT2D eigenvalue weighted by Crippen LogP contribution is -2.67. The molecule has 2 heterocycles. The SMILES string of the molecule is CCC1(CC)CN(Cc2cncc(F)c2)C(C)(C)CN1. The Morgan fingerprint density at radius 3 is 2.60 bits per heavy atom. The summed E-state index contributed by atoms with van der Waals surface area (Å²) < 4.78 is 13.3. The molecule has 20 heavy (non-hydrogen) atoms. The van der Waals surface area contributed by atoms with E-state index in [0.717, 1.165) is 38.0 Å². The van der Waals surface area contributed by atoms with Crippen molar-refractivity contribution in [2.75, 3.05) is 13.1 Å². The second kappa shape index (κ2) is 5.78. The summed E-state index contributed by atoms with van der Waals surface area (Å²) in [6, 6.07) is 1.59. The Labute approximate surface area is 121 Å². The second-order valence-electron chi connectivity index (χ2n) is 6.52. The predicted octanol–water partition coefficient (Wildman–Crippen LogP) is 2.96. The van der Waals surface area contributed by atoms with Crippen LogP contribution >= 0.6 is 0 Å². The van der Waals surface area contributed by atoms with E-state index in [4.69, 9.17) is 0 Å². The van der Waals surface area contributed by atoms with Gasteiger partial charge < -0.3 is 5.32 Å². The maximum absolute atomic E-state index is 13.3. The maximum Gasteiger partial charge on any atom is 0.141 e. The van der Waals surface area contributed by atoms with Crippen molar-refractivity contribution in [3.05, 3.63) is 29.8 Å². The molecule has 1 aliphatic heterocycles. The largest absolute Gasteiger partial charge is 0.308 e. The number of halogens is 1. The molecule has 1 saturated heterocycles. The van der Waals surface area contributed by atoms with E-state index in [9.17, 15) is 4.39 Å². The minimum Gasteiger partial charge on any atom is -0.308 e. The van der Waals surface area contributed by atoms with E-state index >= 15 is 0 Å². The number of pyridine rings is 1. The molecule has 1 aromatic heterocycles. The van der Waals surface area contributed by atoms with Gasteiger partial charge in [-0.1, -0.05) is 13.8 Å². The summed E-state index contributed by atoms with van der Waals surface area (Å²) in [6.07, 6.45) is 5.24. The van der Waals surface area contributed by atoms with E-state index in [1.54, 1.807) is 12.3 Å². The highest BCUT2D eigenvalue weighted by Gasteiger charge is 2.40. The Balaban J connectivity index is 2.18. The van der Waals surface area contributed by atoms with Crippen LogP contribution < -0.4 is 5.32 Å². The van der Waals surface area contributed by atoms with Crippen LogP contribution in [0.4, 0.5) is 4.39 Å². The molecule has 1 aliphatic rings. The van der Waals surface area contributed by atoms with Gasteiger partial charge in [0.05, 0.1) is 6.20 Å². The molecule has 0 unspecified atom stereocenters. The molecule has 0 saturated carbocycles. The summed E-state index contributed by atoms with van der Waals surface area (Å²) >= 11 is 0. The second-order valence-corrected chi connectivity index (χ2v) is 6.52. The van der Waals surface area contributed by atoms with E-state index in [1.165, 1.54) is 6.20 Å². The van der Waals surface area contributed by atoms with Gasteiger partial charge in [0.25, 0.3) is 0 Å². The first-order chi connectivity index (χ1) is 9.41. The molecule has 0 aromatic carbocycles. The molecule has 0 spiro atoms. The fourth-order valence-corrected chi connectivity index (χ4v) is 2.91. The highest BCUT2D eigenvalue weighted by atomic mass is 19.1. The predicted molar refractivity (Wildman–Crippen MR) is 80.0 cm³/mol. The summed E-state index contributed by atoms with van der Waals surface area (Å²) in [6.45, 7) is 11.6. The molecule has 2 rings (SSSR count). The van der Waals surface area contributed by atoms with Crippen molar-refractivity contribution in [1.82, 2.24) is 15.2 Å². The zero-order valence-corrected chi connectivity index (χ0v) is 13.0. The Morgan fingerprint density at radius 2 is 2.00 bits per heavy atom. The molecule has 1 aromatic rings. The van der Waals surface area contributed by atoms with Crippen LogP contribution in [0.2, 0.25) is 0 Å². The standard InChI is InChI=1S/C16H26FN3/c1-5-16(6-2)12-20(15(3,4)11-19-16)10-13-7-14(17)9-18-8-13/h7-9,19H,5-6,10-12H2,1-4H3. The molecule has 1 N–H and O–H groups in total. The summed E-state index contributed by atoms with van der Waals surface area (Å²) in [5, 5.41) is 3.72. The zero-order valence-electron chi connectivity index (χ0n) is 13.0. The lowest BCUT2D eigenvalue weighted by Gasteiger charge is -2.52. The number of nitrogens with zero attached hydrogens (tertiary/aromatic N) is 2. The Morgan fingerprint density at radius 1 is 1.30 bits per heavy atom. The lowest BCUT2D eigenvalue weighted by molar-refractivity contribution is 0.0160.